The van der Waals surface area contributed by atoms with Gasteiger partial charge in [0.25, 0.3) is 5.69 Å². The number of aliphatic imine (C=N–C) groups is 1. The maximum absolute atomic E-state index is 12.3. The molecule has 3 aromatic rings. The van der Waals surface area contributed by atoms with Gasteiger partial charge in [0.1, 0.15) is 6.61 Å². The number of carbonyl (C=O) groups is 1. The molecule has 0 aromatic heterocycles. The predicted molar refractivity (Wildman–Crippen MR) is 127 cm³/mol. The van der Waals surface area contributed by atoms with E-state index in [1.807, 2.05) is 38.1 Å². The Morgan fingerprint density at radius 3 is 2.56 bits per heavy atom. The molecular formula is C26H22N2O6. The number of carbonyl (C=O) groups excluding carboxylic acids is 1. The van der Waals surface area contributed by atoms with Gasteiger partial charge in [0.05, 0.1) is 11.5 Å². The summed E-state index contributed by atoms with van der Waals surface area (Å²) >= 11 is 0. The number of nitrogens with zero attached hydrogens (tertiary/aromatic N) is 2. The molecule has 0 amide bonds. The lowest BCUT2D eigenvalue weighted by Crippen LogP contribution is -2.05. The van der Waals surface area contributed by atoms with Crippen molar-refractivity contribution in [3.05, 3.63) is 105 Å². The lowest BCUT2D eigenvalue weighted by Gasteiger charge is -2.13. The topological polar surface area (TPSA) is 100 Å². The van der Waals surface area contributed by atoms with Gasteiger partial charge in [0.15, 0.2) is 17.2 Å². The number of benzene rings is 3. The van der Waals surface area contributed by atoms with Gasteiger partial charge in [0, 0.05) is 17.7 Å². The van der Waals surface area contributed by atoms with Gasteiger partial charge in [-0.05, 0) is 49.2 Å². The van der Waals surface area contributed by atoms with Crippen LogP contribution in [0.15, 0.2) is 77.4 Å². The maximum Gasteiger partial charge on any atom is 0.363 e. The maximum atomic E-state index is 12.3. The van der Waals surface area contributed by atoms with Crippen molar-refractivity contribution in [3.63, 3.8) is 0 Å². The minimum atomic E-state index is -0.640. The van der Waals surface area contributed by atoms with Crippen LogP contribution in [0.1, 0.15) is 29.2 Å². The molecule has 172 valence electrons. The summed E-state index contributed by atoms with van der Waals surface area (Å²) in [5.41, 5.74) is 3.20. The zero-order valence-electron chi connectivity index (χ0n) is 18.7. The molecule has 0 bridgehead atoms. The summed E-state index contributed by atoms with van der Waals surface area (Å²) in [6, 6.07) is 19.2. The zero-order chi connectivity index (χ0) is 24.1. The van der Waals surface area contributed by atoms with E-state index in [0.29, 0.717) is 35.8 Å². The van der Waals surface area contributed by atoms with E-state index >= 15 is 0 Å². The lowest BCUT2D eigenvalue weighted by molar-refractivity contribution is -0.384. The van der Waals surface area contributed by atoms with Crippen molar-refractivity contribution in [1.29, 1.82) is 0 Å². The molecule has 0 unspecified atom stereocenters. The monoisotopic (exact) mass is 458 g/mol. The van der Waals surface area contributed by atoms with E-state index in [-0.39, 0.29) is 17.3 Å². The Hall–Kier alpha value is -4.46. The average molecular weight is 458 g/mol. The minimum Gasteiger partial charge on any atom is -0.490 e. The molecule has 0 radical (unpaired) electrons. The van der Waals surface area contributed by atoms with E-state index in [0.717, 1.165) is 5.56 Å². The molecule has 0 spiro atoms. The van der Waals surface area contributed by atoms with Crippen molar-refractivity contribution in [3.8, 4) is 11.5 Å². The molecule has 0 saturated heterocycles. The third-order valence-corrected chi connectivity index (χ3v) is 5.01. The van der Waals surface area contributed by atoms with Crippen molar-refractivity contribution in [2.45, 2.75) is 20.5 Å². The van der Waals surface area contributed by atoms with E-state index in [4.69, 9.17) is 14.2 Å². The Morgan fingerprint density at radius 1 is 1.03 bits per heavy atom. The predicted octanol–water partition coefficient (Wildman–Crippen LogP) is 5.23. The Labute approximate surface area is 196 Å². The molecule has 0 N–H and O–H groups in total. The van der Waals surface area contributed by atoms with Gasteiger partial charge in [-0.2, -0.15) is 0 Å². The van der Waals surface area contributed by atoms with Crippen LogP contribution in [0.5, 0.6) is 11.5 Å². The normalized spacial score (nSPS) is 14.0. The highest BCUT2D eigenvalue weighted by Gasteiger charge is 2.25. The highest BCUT2D eigenvalue weighted by molar-refractivity contribution is 6.13. The van der Waals surface area contributed by atoms with Gasteiger partial charge in [-0.25, -0.2) is 9.79 Å². The summed E-state index contributed by atoms with van der Waals surface area (Å²) < 4.78 is 16.9. The van der Waals surface area contributed by atoms with Crippen molar-refractivity contribution in [2.24, 2.45) is 4.99 Å². The molecule has 1 aliphatic rings. The largest absolute Gasteiger partial charge is 0.490 e. The van der Waals surface area contributed by atoms with Crippen LogP contribution >= 0.6 is 0 Å². The Kier molecular flexibility index (Phi) is 6.68. The van der Waals surface area contributed by atoms with E-state index in [1.54, 1.807) is 30.3 Å². The number of rotatable bonds is 8. The molecule has 0 atom stereocenters. The number of nitro groups is 1. The van der Waals surface area contributed by atoms with Gasteiger partial charge < -0.3 is 14.2 Å². The molecule has 8 heteroatoms. The fourth-order valence-electron chi connectivity index (χ4n) is 3.29. The lowest BCUT2D eigenvalue weighted by atomic mass is 10.1. The van der Waals surface area contributed by atoms with Crippen LogP contribution in [-0.2, 0) is 16.1 Å². The van der Waals surface area contributed by atoms with E-state index in [1.165, 1.54) is 23.8 Å². The summed E-state index contributed by atoms with van der Waals surface area (Å²) in [6.45, 7) is 4.74. The zero-order valence-corrected chi connectivity index (χ0v) is 18.7. The fourth-order valence-corrected chi connectivity index (χ4v) is 3.29. The van der Waals surface area contributed by atoms with Gasteiger partial charge in [0.2, 0.25) is 5.90 Å². The second kappa shape index (κ2) is 9.99. The number of ether oxygens (including phenoxy) is 3. The Balaban J connectivity index is 1.56. The van der Waals surface area contributed by atoms with Crippen LogP contribution in [0.2, 0.25) is 0 Å². The van der Waals surface area contributed by atoms with Crippen LogP contribution in [0.3, 0.4) is 0 Å². The highest BCUT2D eigenvalue weighted by atomic mass is 16.6. The van der Waals surface area contributed by atoms with Crippen LogP contribution < -0.4 is 9.47 Å². The number of esters is 1. The van der Waals surface area contributed by atoms with Crippen molar-refractivity contribution in [1.82, 2.24) is 0 Å². The summed E-state index contributed by atoms with van der Waals surface area (Å²) in [4.78, 5) is 27.1. The Bertz CT molecular complexity index is 1290. The highest BCUT2D eigenvalue weighted by Crippen LogP contribution is 2.31. The Morgan fingerprint density at radius 2 is 1.82 bits per heavy atom. The second-order valence-corrected chi connectivity index (χ2v) is 7.56. The van der Waals surface area contributed by atoms with Gasteiger partial charge in [-0.1, -0.05) is 42.0 Å². The first kappa shape index (κ1) is 22.7. The first-order valence-corrected chi connectivity index (χ1v) is 10.7. The van der Waals surface area contributed by atoms with Crippen LogP contribution in [0.4, 0.5) is 5.69 Å². The van der Waals surface area contributed by atoms with Gasteiger partial charge in [-0.15, -0.1) is 0 Å². The first-order valence-electron chi connectivity index (χ1n) is 10.7. The van der Waals surface area contributed by atoms with Crippen molar-refractivity contribution in [2.75, 3.05) is 6.61 Å². The van der Waals surface area contributed by atoms with Crippen LogP contribution in [0.25, 0.3) is 6.08 Å². The summed E-state index contributed by atoms with van der Waals surface area (Å²) in [5.74, 6) is 0.500. The van der Waals surface area contributed by atoms with Crippen LogP contribution in [-0.4, -0.2) is 23.4 Å². The van der Waals surface area contributed by atoms with Crippen molar-refractivity contribution >= 4 is 23.6 Å². The number of aryl methyl sites for hydroxylation is 1. The molecule has 8 nitrogen and oxygen atoms in total. The standard InChI is InChI=1S/C26H22N2O6/c1-3-32-24-14-19(11-12-23(24)33-16-18-9-7-17(2)8-10-18)13-22-26(29)34-25(27-22)20-5-4-6-21(15-20)28(30)31/h4-15H,3,16H2,1-2H3/b22-13-. The molecule has 1 heterocycles. The second-order valence-electron chi connectivity index (χ2n) is 7.56. The number of cyclic esters (lactones) is 1. The summed E-state index contributed by atoms with van der Waals surface area (Å²) in [7, 11) is 0. The van der Waals surface area contributed by atoms with Crippen molar-refractivity contribution < 1.29 is 23.9 Å². The SMILES string of the molecule is CCOc1cc(/C=C2\N=C(c3cccc([N+](=O)[O-])c3)OC2=O)ccc1OCc1ccc(C)cc1. The summed E-state index contributed by atoms with van der Waals surface area (Å²) in [6.07, 6.45) is 1.57. The quantitative estimate of drug-likeness (QED) is 0.198. The first-order chi connectivity index (χ1) is 16.4. The number of non-ortho nitro benzene ring substituents is 1. The van der Waals surface area contributed by atoms with Gasteiger partial charge in [-0.3, -0.25) is 10.1 Å². The number of hydrogen-bond acceptors (Lipinski definition) is 7. The number of nitro benzene ring substituents is 1. The smallest absolute Gasteiger partial charge is 0.363 e. The molecular weight excluding hydrogens is 436 g/mol. The van der Waals surface area contributed by atoms with E-state index in [2.05, 4.69) is 4.99 Å². The number of hydrogen-bond donors (Lipinski definition) is 0. The molecule has 0 saturated carbocycles. The molecule has 4 rings (SSSR count). The van der Waals surface area contributed by atoms with Gasteiger partial charge >= 0.3 is 5.97 Å². The molecule has 1 aliphatic heterocycles. The average Bonchev–Trinajstić information content (AvgIpc) is 3.20. The van der Waals surface area contributed by atoms with E-state index in [9.17, 15) is 14.9 Å². The third-order valence-electron chi connectivity index (χ3n) is 5.01. The molecule has 34 heavy (non-hydrogen) atoms. The third kappa shape index (κ3) is 5.29. The molecule has 0 aliphatic carbocycles. The van der Waals surface area contributed by atoms with Crippen LogP contribution in [0, 0.1) is 17.0 Å². The fraction of sp³-hybridized carbons (Fsp3) is 0.154. The minimum absolute atomic E-state index is 0.0167. The molecule has 0 fully saturated rings. The summed E-state index contributed by atoms with van der Waals surface area (Å²) in [5, 5.41) is 11.0. The molecule has 3 aromatic carbocycles. The van der Waals surface area contributed by atoms with E-state index < -0.39 is 10.9 Å².